The molecule has 112 valence electrons. The number of aromatic nitrogens is 1. The van der Waals surface area contributed by atoms with E-state index in [1.165, 1.54) is 6.92 Å². The second-order valence-electron chi connectivity index (χ2n) is 5.12. The molecule has 2 amide bonds. The monoisotopic (exact) mass is 297 g/mol. The molecule has 1 aliphatic rings. The Bertz CT molecular complexity index is 718. The summed E-state index contributed by atoms with van der Waals surface area (Å²) >= 11 is 0. The summed E-state index contributed by atoms with van der Waals surface area (Å²) < 4.78 is 5.65. The third kappa shape index (κ3) is 2.50. The van der Waals surface area contributed by atoms with Crippen LogP contribution in [-0.2, 0) is 16.1 Å². The van der Waals surface area contributed by atoms with Crippen molar-refractivity contribution in [2.45, 2.75) is 19.1 Å². The molecule has 3 rings (SSSR count). The Morgan fingerprint density at radius 2 is 2.00 bits per heavy atom. The van der Waals surface area contributed by atoms with Gasteiger partial charge in [-0.15, -0.1) is 0 Å². The SMILES string of the molecule is CC1(C(=O)NCc2ccncc2)Oc2ccccc2NC1=O. The van der Waals surface area contributed by atoms with Crippen molar-refractivity contribution in [2.75, 3.05) is 5.32 Å². The number of amides is 2. The summed E-state index contributed by atoms with van der Waals surface area (Å²) in [7, 11) is 0. The third-order valence-corrected chi connectivity index (χ3v) is 3.52. The van der Waals surface area contributed by atoms with E-state index in [1.54, 1.807) is 48.8 Å². The maximum atomic E-state index is 12.4. The first-order valence-electron chi connectivity index (χ1n) is 6.86. The molecule has 6 heteroatoms. The summed E-state index contributed by atoms with van der Waals surface area (Å²) in [6.45, 7) is 1.76. The van der Waals surface area contributed by atoms with Gasteiger partial charge < -0.3 is 15.4 Å². The predicted molar refractivity (Wildman–Crippen MR) is 80.2 cm³/mol. The second-order valence-corrected chi connectivity index (χ2v) is 5.12. The molecule has 1 unspecified atom stereocenters. The minimum Gasteiger partial charge on any atom is -0.466 e. The van der Waals surface area contributed by atoms with Gasteiger partial charge >= 0.3 is 0 Å². The van der Waals surface area contributed by atoms with Gasteiger partial charge in [0.15, 0.2) is 0 Å². The first-order chi connectivity index (χ1) is 10.6. The van der Waals surface area contributed by atoms with E-state index in [2.05, 4.69) is 15.6 Å². The molecule has 22 heavy (non-hydrogen) atoms. The largest absolute Gasteiger partial charge is 0.466 e. The van der Waals surface area contributed by atoms with Crippen LogP contribution in [-0.4, -0.2) is 22.4 Å². The molecule has 6 nitrogen and oxygen atoms in total. The summed E-state index contributed by atoms with van der Waals surface area (Å²) in [5.41, 5.74) is -0.142. The molecular formula is C16H15N3O3. The third-order valence-electron chi connectivity index (χ3n) is 3.52. The van der Waals surface area contributed by atoms with Gasteiger partial charge in [-0.1, -0.05) is 12.1 Å². The molecule has 2 N–H and O–H groups in total. The van der Waals surface area contributed by atoms with Crippen LogP contribution in [0.25, 0.3) is 0 Å². The van der Waals surface area contributed by atoms with Crippen molar-refractivity contribution in [3.05, 3.63) is 54.4 Å². The summed E-state index contributed by atoms with van der Waals surface area (Å²) in [5, 5.41) is 5.41. The molecule has 0 bridgehead atoms. The predicted octanol–water partition coefficient (Wildman–Crippen LogP) is 1.49. The van der Waals surface area contributed by atoms with E-state index < -0.39 is 17.4 Å². The van der Waals surface area contributed by atoms with Gasteiger partial charge in [-0.05, 0) is 36.8 Å². The highest BCUT2D eigenvalue weighted by Crippen LogP contribution is 2.33. The Balaban J connectivity index is 1.75. The van der Waals surface area contributed by atoms with Gasteiger partial charge in [0.25, 0.3) is 17.4 Å². The fourth-order valence-corrected chi connectivity index (χ4v) is 2.17. The molecule has 2 aromatic rings. The number of fused-ring (bicyclic) bond motifs is 1. The number of hydrogen-bond acceptors (Lipinski definition) is 4. The van der Waals surface area contributed by atoms with Crippen molar-refractivity contribution >= 4 is 17.5 Å². The number of para-hydroxylation sites is 2. The smallest absolute Gasteiger partial charge is 0.278 e. The van der Waals surface area contributed by atoms with Crippen molar-refractivity contribution < 1.29 is 14.3 Å². The average Bonchev–Trinajstić information content (AvgIpc) is 2.54. The Hall–Kier alpha value is -2.89. The molecule has 1 aromatic heterocycles. The van der Waals surface area contributed by atoms with Gasteiger partial charge in [0, 0.05) is 18.9 Å². The molecule has 2 heterocycles. The standard InChI is InChI=1S/C16H15N3O3/c1-16(14(20)18-10-11-6-8-17-9-7-11)15(21)19-12-4-2-3-5-13(12)22-16/h2-9H,10H2,1H3,(H,18,20)(H,19,21). The van der Waals surface area contributed by atoms with E-state index in [0.717, 1.165) is 5.56 Å². The fourth-order valence-electron chi connectivity index (χ4n) is 2.17. The molecule has 0 radical (unpaired) electrons. The van der Waals surface area contributed by atoms with Crippen LogP contribution in [0.5, 0.6) is 5.75 Å². The first-order valence-corrected chi connectivity index (χ1v) is 6.86. The number of carbonyl (C=O) groups excluding carboxylic acids is 2. The van der Waals surface area contributed by atoms with E-state index >= 15 is 0 Å². The second kappa shape index (κ2) is 5.48. The molecule has 1 aliphatic heterocycles. The quantitative estimate of drug-likeness (QED) is 0.841. The maximum absolute atomic E-state index is 12.4. The van der Waals surface area contributed by atoms with Gasteiger partial charge in [-0.25, -0.2) is 0 Å². The lowest BCUT2D eigenvalue weighted by Crippen LogP contribution is -2.58. The van der Waals surface area contributed by atoms with Crippen LogP contribution < -0.4 is 15.4 Å². The fraction of sp³-hybridized carbons (Fsp3) is 0.188. The van der Waals surface area contributed by atoms with Crippen molar-refractivity contribution in [3.8, 4) is 5.75 Å². The van der Waals surface area contributed by atoms with Gasteiger partial charge in [0.05, 0.1) is 5.69 Å². The maximum Gasteiger partial charge on any atom is 0.278 e. The van der Waals surface area contributed by atoms with Gasteiger partial charge in [-0.3, -0.25) is 14.6 Å². The number of carbonyl (C=O) groups is 2. The number of ether oxygens (including phenoxy) is 1. The lowest BCUT2D eigenvalue weighted by atomic mass is 10.0. The number of rotatable bonds is 3. The number of hydrogen-bond donors (Lipinski definition) is 2. The minimum atomic E-state index is -1.60. The number of benzene rings is 1. The number of anilines is 1. The van der Waals surface area contributed by atoms with Crippen LogP contribution in [0.3, 0.4) is 0 Å². The van der Waals surface area contributed by atoms with E-state index in [1.807, 2.05) is 0 Å². The molecule has 0 aliphatic carbocycles. The summed E-state index contributed by atoms with van der Waals surface area (Å²) in [6, 6.07) is 10.6. The van der Waals surface area contributed by atoms with Crippen molar-refractivity contribution in [2.24, 2.45) is 0 Å². The lowest BCUT2D eigenvalue weighted by Gasteiger charge is -2.33. The van der Waals surface area contributed by atoms with E-state index in [4.69, 9.17) is 4.74 Å². The Kier molecular flexibility index (Phi) is 3.50. The average molecular weight is 297 g/mol. The van der Waals surface area contributed by atoms with Crippen LogP contribution in [0.4, 0.5) is 5.69 Å². The highest BCUT2D eigenvalue weighted by Gasteiger charge is 2.47. The highest BCUT2D eigenvalue weighted by molar-refractivity contribution is 6.15. The molecule has 0 spiro atoms. The summed E-state index contributed by atoms with van der Waals surface area (Å²) in [4.78, 5) is 28.5. The molecular weight excluding hydrogens is 282 g/mol. The molecule has 0 saturated carbocycles. The summed E-state index contributed by atoms with van der Waals surface area (Å²) in [5.74, 6) is -0.501. The Morgan fingerprint density at radius 1 is 1.27 bits per heavy atom. The van der Waals surface area contributed by atoms with E-state index in [-0.39, 0.29) is 0 Å². The van der Waals surface area contributed by atoms with Gasteiger partial charge in [0.2, 0.25) is 0 Å². The zero-order chi connectivity index (χ0) is 15.6. The van der Waals surface area contributed by atoms with Crippen LogP contribution in [0, 0.1) is 0 Å². The Morgan fingerprint density at radius 3 is 2.77 bits per heavy atom. The minimum absolute atomic E-state index is 0.301. The highest BCUT2D eigenvalue weighted by atomic mass is 16.5. The van der Waals surface area contributed by atoms with Gasteiger partial charge in [0.1, 0.15) is 5.75 Å². The molecule has 1 aromatic carbocycles. The first kappa shape index (κ1) is 14.1. The van der Waals surface area contributed by atoms with Crippen LogP contribution in [0.1, 0.15) is 12.5 Å². The van der Waals surface area contributed by atoms with E-state index in [0.29, 0.717) is 18.0 Å². The van der Waals surface area contributed by atoms with Crippen molar-refractivity contribution in [1.82, 2.24) is 10.3 Å². The number of nitrogens with one attached hydrogen (secondary N) is 2. The van der Waals surface area contributed by atoms with Gasteiger partial charge in [-0.2, -0.15) is 0 Å². The van der Waals surface area contributed by atoms with Crippen LogP contribution >= 0.6 is 0 Å². The normalized spacial score (nSPS) is 19.6. The van der Waals surface area contributed by atoms with Crippen molar-refractivity contribution in [3.63, 3.8) is 0 Å². The zero-order valence-electron chi connectivity index (χ0n) is 12.0. The zero-order valence-corrected chi connectivity index (χ0v) is 12.0. The lowest BCUT2D eigenvalue weighted by molar-refractivity contribution is -0.146. The van der Waals surface area contributed by atoms with Crippen LogP contribution in [0.15, 0.2) is 48.8 Å². The molecule has 0 saturated heterocycles. The molecule has 0 fully saturated rings. The van der Waals surface area contributed by atoms with Crippen LogP contribution in [0.2, 0.25) is 0 Å². The molecule has 1 atom stereocenters. The van der Waals surface area contributed by atoms with Crippen molar-refractivity contribution in [1.29, 1.82) is 0 Å². The number of pyridine rings is 1. The Labute approximate surface area is 127 Å². The topological polar surface area (TPSA) is 80.3 Å². The number of nitrogens with zero attached hydrogens (tertiary/aromatic N) is 1. The summed E-state index contributed by atoms with van der Waals surface area (Å²) in [6.07, 6.45) is 3.28. The van der Waals surface area contributed by atoms with E-state index in [9.17, 15) is 9.59 Å².